The van der Waals surface area contributed by atoms with Gasteiger partial charge in [0.25, 0.3) is 0 Å². The van der Waals surface area contributed by atoms with E-state index in [9.17, 15) is 5.11 Å². The van der Waals surface area contributed by atoms with Gasteiger partial charge in [-0.25, -0.2) is 9.97 Å². The zero-order valence-electron chi connectivity index (χ0n) is 13.2. The van der Waals surface area contributed by atoms with Crippen LogP contribution < -0.4 is 4.90 Å². The number of ether oxygens (including phenoxy) is 2. The zero-order chi connectivity index (χ0) is 15.4. The molecule has 2 fully saturated rings. The van der Waals surface area contributed by atoms with Crippen LogP contribution in [0.5, 0.6) is 0 Å². The molecule has 0 bridgehead atoms. The molecule has 0 spiro atoms. The second-order valence-electron chi connectivity index (χ2n) is 6.49. The molecular formula is C16H25N3O3. The first-order valence-electron chi connectivity index (χ1n) is 8.02. The highest BCUT2D eigenvalue weighted by Crippen LogP contribution is 2.32. The van der Waals surface area contributed by atoms with E-state index in [0.717, 1.165) is 63.7 Å². The summed E-state index contributed by atoms with van der Waals surface area (Å²) in [4.78, 5) is 10.9. The normalized spacial score (nSPS) is 24.4. The van der Waals surface area contributed by atoms with Crippen LogP contribution in [-0.4, -0.2) is 61.7 Å². The molecular weight excluding hydrogens is 282 g/mol. The zero-order valence-corrected chi connectivity index (χ0v) is 13.2. The highest BCUT2D eigenvalue weighted by Gasteiger charge is 2.33. The van der Waals surface area contributed by atoms with Crippen LogP contribution in [0.3, 0.4) is 0 Å². The Hall–Kier alpha value is -1.24. The maximum atomic E-state index is 9.83. The first-order valence-corrected chi connectivity index (χ1v) is 8.02. The van der Waals surface area contributed by atoms with E-state index in [-0.39, 0.29) is 12.0 Å². The fourth-order valence-electron chi connectivity index (χ4n) is 3.32. The number of aliphatic hydroxyl groups excluding tert-OH is 1. The van der Waals surface area contributed by atoms with Gasteiger partial charge in [0, 0.05) is 50.8 Å². The van der Waals surface area contributed by atoms with Crippen LogP contribution in [-0.2, 0) is 9.47 Å². The molecule has 3 heterocycles. The lowest BCUT2D eigenvalue weighted by atomic mass is 9.80. The topological polar surface area (TPSA) is 67.7 Å². The van der Waals surface area contributed by atoms with Gasteiger partial charge in [-0.2, -0.15) is 0 Å². The lowest BCUT2D eigenvalue weighted by Gasteiger charge is -2.38. The first-order chi connectivity index (χ1) is 10.7. The Labute approximate surface area is 131 Å². The SMILES string of the molecule is CN(CC1(CO)CCOCC1)c1cc([C@H]2CCOC2)ncn1. The van der Waals surface area contributed by atoms with Crippen LogP contribution in [0.4, 0.5) is 5.82 Å². The van der Waals surface area contributed by atoms with E-state index >= 15 is 0 Å². The highest BCUT2D eigenvalue weighted by atomic mass is 16.5. The van der Waals surface area contributed by atoms with E-state index in [0.29, 0.717) is 5.92 Å². The van der Waals surface area contributed by atoms with E-state index < -0.39 is 0 Å². The summed E-state index contributed by atoms with van der Waals surface area (Å²) in [5.41, 5.74) is 0.966. The van der Waals surface area contributed by atoms with Gasteiger partial charge in [0.2, 0.25) is 0 Å². The van der Waals surface area contributed by atoms with Gasteiger partial charge in [-0.05, 0) is 19.3 Å². The molecule has 0 unspecified atom stereocenters. The van der Waals surface area contributed by atoms with Crippen molar-refractivity contribution in [2.24, 2.45) is 5.41 Å². The van der Waals surface area contributed by atoms with Gasteiger partial charge in [0.15, 0.2) is 0 Å². The number of hydrogen-bond donors (Lipinski definition) is 1. The molecule has 0 saturated carbocycles. The van der Waals surface area contributed by atoms with Crippen LogP contribution in [0, 0.1) is 5.41 Å². The second kappa shape index (κ2) is 6.89. The van der Waals surface area contributed by atoms with Gasteiger partial charge in [0.1, 0.15) is 12.1 Å². The molecule has 1 N–H and O–H groups in total. The number of anilines is 1. The predicted octanol–water partition coefficient (Wildman–Crippen LogP) is 1.21. The molecule has 2 aliphatic heterocycles. The molecule has 6 heteroatoms. The number of aliphatic hydroxyl groups is 1. The molecule has 22 heavy (non-hydrogen) atoms. The number of hydrogen-bond acceptors (Lipinski definition) is 6. The van der Waals surface area contributed by atoms with E-state index in [1.54, 1.807) is 6.33 Å². The van der Waals surface area contributed by atoms with E-state index in [2.05, 4.69) is 20.9 Å². The molecule has 1 atom stereocenters. The summed E-state index contributed by atoms with van der Waals surface area (Å²) in [6, 6.07) is 2.06. The van der Waals surface area contributed by atoms with Gasteiger partial charge in [-0.1, -0.05) is 0 Å². The van der Waals surface area contributed by atoms with Crippen LogP contribution >= 0.6 is 0 Å². The van der Waals surface area contributed by atoms with Gasteiger partial charge >= 0.3 is 0 Å². The lowest BCUT2D eigenvalue weighted by molar-refractivity contribution is -0.0113. The summed E-state index contributed by atoms with van der Waals surface area (Å²) in [6.07, 6.45) is 4.44. The molecule has 0 radical (unpaired) electrons. The largest absolute Gasteiger partial charge is 0.396 e. The number of aromatic nitrogens is 2. The van der Waals surface area contributed by atoms with Crippen LogP contribution in [0.1, 0.15) is 30.9 Å². The Balaban J connectivity index is 1.71. The Morgan fingerprint density at radius 2 is 2.09 bits per heavy atom. The Morgan fingerprint density at radius 1 is 1.27 bits per heavy atom. The summed E-state index contributed by atoms with van der Waals surface area (Å²) in [7, 11) is 2.03. The molecule has 0 aliphatic carbocycles. The molecule has 3 rings (SSSR count). The molecule has 2 saturated heterocycles. The van der Waals surface area contributed by atoms with Crippen molar-refractivity contribution in [1.29, 1.82) is 0 Å². The van der Waals surface area contributed by atoms with Crippen molar-refractivity contribution < 1.29 is 14.6 Å². The van der Waals surface area contributed by atoms with Crippen molar-refractivity contribution in [2.45, 2.75) is 25.2 Å². The lowest BCUT2D eigenvalue weighted by Crippen LogP contribution is -2.43. The maximum Gasteiger partial charge on any atom is 0.131 e. The predicted molar refractivity (Wildman–Crippen MR) is 83.1 cm³/mol. The standard InChI is InChI=1S/C16H25N3O3/c1-19(10-16(11-20)3-6-21-7-4-16)15-8-14(17-12-18-15)13-2-5-22-9-13/h8,12-13,20H,2-7,9-11H2,1H3/t13-/m0/s1. The fraction of sp³-hybridized carbons (Fsp3) is 0.750. The summed E-state index contributed by atoms with van der Waals surface area (Å²) in [5, 5.41) is 9.83. The molecule has 6 nitrogen and oxygen atoms in total. The third kappa shape index (κ3) is 3.39. The minimum atomic E-state index is -0.0887. The molecule has 0 amide bonds. The smallest absolute Gasteiger partial charge is 0.131 e. The average molecular weight is 307 g/mol. The molecule has 122 valence electrons. The second-order valence-corrected chi connectivity index (χ2v) is 6.49. The van der Waals surface area contributed by atoms with Gasteiger partial charge in [-0.15, -0.1) is 0 Å². The number of nitrogens with zero attached hydrogens (tertiary/aromatic N) is 3. The third-order valence-corrected chi connectivity index (χ3v) is 4.87. The third-order valence-electron chi connectivity index (χ3n) is 4.87. The van der Waals surface area contributed by atoms with Crippen molar-refractivity contribution in [1.82, 2.24) is 9.97 Å². The van der Waals surface area contributed by atoms with E-state index in [1.807, 2.05) is 7.05 Å². The van der Waals surface area contributed by atoms with Gasteiger partial charge in [0.05, 0.1) is 18.9 Å². The highest BCUT2D eigenvalue weighted by molar-refractivity contribution is 5.39. The monoisotopic (exact) mass is 307 g/mol. The van der Waals surface area contributed by atoms with Crippen LogP contribution in [0.15, 0.2) is 12.4 Å². The Bertz CT molecular complexity index is 485. The number of rotatable bonds is 5. The van der Waals surface area contributed by atoms with E-state index in [4.69, 9.17) is 9.47 Å². The Kier molecular flexibility index (Phi) is 4.90. The summed E-state index contributed by atoms with van der Waals surface area (Å²) >= 11 is 0. The summed E-state index contributed by atoms with van der Waals surface area (Å²) in [5.74, 6) is 1.29. The minimum absolute atomic E-state index is 0.0887. The van der Waals surface area contributed by atoms with Crippen molar-refractivity contribution in [3.8, 4) is 0 Å². The van der Waals surface area contributed by atoms with Gasteiger partial charge in [-0.3, -0.25) is 0 Å². The average Bonchev–Trinajstić information content (AvgIpc) is 3.10. The van der Waals surface area contributed by atoms with Crippen molar-refractivity contribution >= 4 is 5.82 Å². The van der Waals surface area contributed by atoms with Crippen molar-refractivity contribution in [3.05, 3.63) is 18.1 Å². The van der Waals surface area contributed by atoms with Crippen LogP contribution in [0.25, 0.3) is 0 Å². The summed E-state index contributed by atoms with van der Waals surface area (Å²) in [6.45, 7) is 3.98. The van der Waals surface area contributed by atoms with Crippen LogP contribution in [0.2, 0.25) is 0 Å². The maximum absolute atomic E-state index is 9.83. The molecule has 0 aromatic carbocycles. The van der Waals surface area contributed by atoms with Crippen molar-refractivity contribution in [2.75, 3.05) is 51.5 Å². The molecule has 1 aromatic rings. The van der Waals surface area contributed by atoms with E-state index in [1.165, 1.54) is 0 Å². The molecule has 2 aliphatic rings. The summed E-state index contributed by atoms with van der Waals surface area (Å²) < 4.78 is 10.9. The quantitative estimate of drug-likeness (QED) is 0.882. The first kappa shape index (κ1) is 15.6. The van der Waals surface area contributed by atoms with Gasteiger partial charge < -0.3 is 19.5 Å². The Morgan fingerprint density at radius 3 is 2.77 bits per heavy atom. The minimum Gasteiger partial charge on any atom is -0.396 e. The fourth-order valence-corrected chi connectivity index (χ4v) is 3.32. The van der Waals surface area contributed by atoms with Crippen molar-refractivity contribution in [3.63, 3.8) is 0 Å². The molecule has 1 aromatic heterocycles.